The third-order valence-corrected chi connectivity index (χ3v) is 9.78. The molecule has 3 saturated carbocycles. The van der Waals surface area contributed by atoms with Gasteiger partial charge in [-0.25, -0.2) is 8.78 Å². The average molecular weight is 672 g/mol. The van der Waals surface area contributed by atoms with Crippen LogP contribution in [0.3, 0.4) is 0 Å². The van der Waals surface area contributed by atoms with Crippen molar-refractivity contribution in [3.63, 3.8) is 0 Å². The lowest BCUT2D eigenvalue weighted by atomic mass is 9.83. The zero-order chi connectivity index (χ0) is 34.5. The molecule has 4 aliphatic carbocycles. The molecule has 4 aliphatic rings. The SMILES string of the molecule is COc1ccc(-c2cc(C(N)C(=O)O)ccc2F)cc1C(=O)NC1C2CCC(/C2=C/C2CC2)[C@@H]1C(=O)NC1C=CC(F)=C(C(F)(F)F)C1. The molecule has 3 fully saturated rings. The van der Waals surface area contributed by atoms with Gasteiger partial charge in [-0.05, 0) is 79.0 Å². The van der Waals surface area contributed by atoms with Crippen LogP contribution in [0.2, 0.25) is 0 Å². The maximum absolute atomic E-state index is 15.0. The number of carbonyl (C=O) groups is 3. The van der Waals surface area contributed by atoms with E-state index in [-0.39, 0.29) is 39.8 Å². The molecule has 13 heteroatoms. The molecule has 0 heterocycles. The summed E-state index contributed by atoms with van der Waals surface area (Å²) >= 11 is 0. The summed E-state index contributed by atoms with van der Waals surface area (Å²) in [5.41, 5.74) is 5.89. The highest BCUT2D eigenvalue weighted by atomic mass is 19.4. The second-order valence-electron chi connectivity index (χ2n) is 12.8. The van der Waals surface area contributed by atoms with E-state index in [4.69, 9.17) is 10.5 Å². The number of methoxy groups -OCH3 is 1. The number of rotatable bonds is 9. The monoisotopic (exact) mass is 671 g/mol. The Kier molecular flexibility index (Phi) is 8.92. The molecule has 2 aromatic carbocycles. The molecule has 0 aliphatic heterocycles. The molecule has 2 bridgehead atoms. The minimum atomic E-state index is -4.89. The van der Waals surface area contributed by atoms with Crippen molar-refractivity contribution < 1.29 is 46.2 Å². The molecule has 0 aromatic heterocycles. The lowest BCUT2D eigenvalue weighted by Gasteiger charge is -2.32. The number of hydrogen-bond donors (Lipinski definition) is 4. The Bertz CT molecular complexity index is 1750. The van der Waals surface area contributed by atoms with Crippen LogP contribution in [0, 0.1) is 29.5 Å². The average Bonchev–Trinajstić information content (AvgIpc) is 3.72. The number of allylic oxidation sites excluding steroid dienone is 3. The van der Waals surface area contributed by atoms with Crippen molar-refractivity contribution in [2.45, 2.75) is 56.4 Å². The number of aliphatic carboxylic acids is 1. The van der Waals surface area contributed by atoms with Crippen molar-refractivity contribution in [2.24, 2.45) is 29.4 Å². The number of ether oxygens (including phenoxy) is 1. The molecule has 0 saturated heterocycles. The summed E-state index contributed by atoms with van der Waals surface area (Å²) in [5, 5.41) is 15.0. The topological polar surface area (TPSA) is 131 Å². The Morgan fingerprint density at radius 3 is 2.42 bits per heavy atom. The Morgan fingerprint density at radius 2 is 1.75 bits per heavy atom. The standard InChI is InChI=1S/C35H34F5N3O5/c1-48-28-11-5-17(22-14-18(4-9-26(22)36)30(41)34(46)47)13-24(28)32(44)43-31-21-8-7-20(23(21)12-16-2-3-16)29(31)33(45)42-19-6-10-27(37)25(15-19)35(38,39)40/h4-6,9-14,16,19-21,29-31H,2-3,7-8,15,41H2,1H3,(H,42,45)(H,43,44)(H,46,47)/b23-12-/t19?,20?,21?,29-,30?,31?/m0/s1. The lowest BCUT2D eigenvalue weighted by molar-refractivity contribution is -0.138. The molecule has 8 nitrogen and oxygen atoms in total. The van der Waals surface area contributed by atoms with Crippen LogP contribution in [0.5, 0.6) is 5.75 Å². The Balaban J connectivity index is 1.29. The van der Waals surface area contributed by atoms with Gasteiger partial charge in [0, 0.05) is 23.9 Å². The molecule has 2 amide bonds. The molecular weight excluding hydrogens is 637 g/mol. The van der Waals surface area contributed by atoms with Crippen molar-refractivity contribution in [1.82, 2.24) is 10.6 Å². The summed E-state index contributed by atoms with van der Waals surface area (Å²) in [6.45, 7) is 0. The first-order valence-electron chi connectivity index (χ1n) is 15.7. The number of carboxylic acids is 1. The minimum Gasteiger partial charge on any atom is -0.496 e. The van der Waals surface area contributed by atoms with E-state index < -0.39 is 71.6 Å². The fraction of sp³-hybridized carbons (Fsp3) is 0.400. The van der Waals surface area contributed by atoms with E-state index in [1.54, 1.807) is 0 Å². The molecular formula is C35H34F5N3O5. The van der Waals surface area contributed by atoms with Gasteiger partial charge in [0.2, 0.25) is 5.91 Å². The van der Waals surface area contributed by atoms with Gasteiger partial charge in [0.15, 0.2) is 0 Å². The van der Waals surface area contributed by atoms with E-state index in [9.17, 15) is 41.4 Å². The lowest BCUT2D eigenvalue weighted by Crippen LogP contribution is -2.51. The maximum atomic E-state index is 15.0. The molecule has 5 unspecified atom stereocenters. The Labute approximate surface area is 272 Å². The van der Waals surface area contributed by atoms with Crippen LogP contribution in [0.25, 0.3) is 11.1 Å². The van der Waals surface area contributed by atoms with Crippen LogP contribution in [0.4, 0.5) is 22.0 Å². The fourth-order valence-corrected chi connectivity index (χ4v) is 7.26. The largest absolute Gasteiger partial charge is 0.496 e. The quantitative estimate of drug-likeness (QED) is 0.194. The third kappa shape index (κ3) is 6.47. The van der Waals surface area contributed by atoms with Crippen molar-refractivity contribution in [3.05, 3.63) is 88.5 Å². The first-order chi connectivity index (χ1) is 22.8. The number of nitrogens with one attached hydrogen (secondary N) is 2. The van der Waals surface area contributed by atoms with Crippen molar-refractivity contribution in [1.29, 1.82) is 0 Å². The van der Waals surface area contributed by atoms with E-state index in [0.717, 1.165) is 24.5 Å². The number of benzene rings is 2. The summed E-state index contributed by atoms with van der Waals surface area (Å²) < 4.78 is 74.7. The van der Waals surface area contributed by atoms with E-state index in [1.807, 2.05) is 0 Å². The van der Waals surface area contributed by atoms with Gasteiger partial charge in [0.05, 0.1) is 30.2 Å². The normalized spacial score (nSPS) is 26.5. The maximum Gasteiger partial charge on any atom is 0.415 e. The fourth-order valence-electron chi connectivity index (χ4n) is 7.26. The Hall–Kier alpha value is -4.52. The molecule has 0 radical (unpaired) electrons. The highest BCUT2D eigenvalue weighted by Crippen LogP contribution is 2.54. The van der Waals surface area contributed by atoms with Gasteiger partial charge in [0.1, 0.15) is 23.4 Å². The molecule has 6 rings (SSSR count). The minimum absolute atomic E-state index is 0.0111. The van der Waals surface area contributed by atoms with Crippen molar-refractivity contribution in [3.8, 4) is 16.9 Å². The highest BCUT2D eigenvalue weighted by molar-refractivity contribution is 5.99. The number of halogens is 5. The first kappa shape index (κ1) is 33.4. The first-order valence-corrected chi connectivity index (χ1v) is 15.7. The smallest absolute Gasteiger partial charge is 0.415 e. The van der Waals surface area contributed by atoms with E-state index in [1.165, 1.54) is 43.5 Å². The molecule has 254 valence electrons. The van der Waals surface area contributed by atoms with Gasteiger partial charge < -0.3 is 26.2 Å². The summed E-state index contributed by atoms with van der Waals surface area (Å²) in [6.07, 6.45) is 1.83. The van der Waals surface area contributed by atoms with Crippen LogP contribution >= 0.6 is 0 Å². The highest BCUT2D eigenvalue weighted by Gasteiger charge is 2.55. The van der Waals surface area contributed by atoms with Crippen molar-refractivity contribution >= 4 is 17.8 Å². The molecule has 6 atom stereocenters. The predicted molar refractivity (Wildman–Crippen MR) is 165 cm³/mol. The van der Waals surface area contributed by atoms with Gasteiger partial charge in [-0.1, -0.05) is 29.9 Å². The zero-order valence-electron chi connectivity index (χ0n) is 25.8. The Morgan fingerprint density at radius 1 is 1.02 bits per heavy atom. The third-order valence-electron chi connectivity index (χ3n) is 9.78. The number of carboxylic acid groups (broad SMARTS) is 1. The second kappa shape index (κ2) is 12.8. The van der Waals surface area contributed by atoms with E-state index in [0.29, 0.717) is 24.8 Å². The number of nitrogens with two attached hydrogens (primary N) is 1. The summed E-state index contributed by atoms with van der Waals surface area (Å²) in [5.74, 6) is -5.18. The van der Waals surface area contributed by atoms with Crippen molar-refractivity contribution in [2.75, 3.05) is 7.11 Å². The molecule has 0 spiro atoms. The molecule has 48 heavy (non-hydrogen) atoms. The van der Waals surface area contributed by atoms with E-state index in [2.05, 4.69) is 16.7 Å². The number of alkyl halides is 3. The van der Waals surface area contributed by atoms with Crippen LogP contribution in [0.15, 0.2) is 71.6 Å². The predicted octanol–water partition coefficient (Wildman–Crippen LogP) is 5.91. The summed E-state index contributed by atoms with van der Waals surface area (Å²) in [6, 6.07) is 4.85. The van der Waals surface area contributed by atoms with Gasteiger partial charge in [-0.15, -0.1) is 0 Å². The summed E-state index contributed by atoms with van der Waals surface area (Å²) in [4.78, 5) is 39.2. The van der Waals surface area contributed by atoms with Gasteiger partial charge in [0.25, 0.3) is 5.91 Å². The molecule has 5 N–H and O–H groups in total. The van der Waals surface area contributed by atoms with Gasteiger partial charge in [-0.2, -0.15) is 13.2 Å². The second-order valence-corrected chi connectivity index (χ2v) is 12.8. The van der Waals surface area contributed by atoms with Crippen LogP contribution in [-0.4, -0.2) is 48.3 Å². The summed E-state index contributed by atoms with van der Waals surface area (Å²) in [7, 11) is 1.35. The number of hydrogen-bond acceptors (Lipinski definition) is 5. The van der Waals surface area contributed by atoms with Crippen LogP contribution in [0.1, 0.15) is 54.1 Å². The van der Waals surface area contributed by atoms with Crippen LogP contribution in [-0.2, 0) is 9.59 Å². The zero-order valence-corrected chi connectivity index (χ0v) is 25.8. The number of fused-ring (bicyclic) bond motifs is 2. The number of amides is 2. The van der Waals surface area contributed by atoms with E-state index >= 15 is 0 Å². The number of carbonyl (C=O) groups excluding carboxylic acids is 2. The van der Waals surface area contributed by atoms with Gasteiger partial charge >= 0.3 is 12.1 Å². The van der Waals surface area contributed by atoms with Crippen LogP contribution < -0.4 is 21.1 Å². The van der Waals surface area contributed by atoms with Gasteiger partial charge in [-0.3, -0.25) is 14.4 Å². The molecule has 2 aromatic rings.